The quantitative estimate of drug-likeness (QED) is 0.695. The van der Waals surface area contributed by atoms with Gasteiger partial charge in [0, 0.05) is 7.51 Å². The molecule has 0 N–H and O–H groups in total. The SMILES string of the molecule is CN(C)P(=N[PH2]=S)(N(C)C)N(C)C. The van der Waals surface area contributed by atoms with Crippen LogP contribution in [0, 0.1) is 0 Å². The Morgan fingerprint density at radius 2 is 1.23 bits per heavy atom. The molecule has 0 amide bonds. The lowest BCUT2D eigenvalue weighted by Gasteiger charge is -2.40. The lowest BCUT2D eigenvalue weighted by Crippen LogP contribution is -2.30. The first-order valence-electron chi connectivity index (χ1n) is 3.98. The Hall–Kier alpha value is 0.760. The molecule has 0 spiro atoms. The molecule has 0 fully saturated rings. The van der Waals surface area contributed by atoms with Gasteiger partial charge >= 0.3 is 0 Å². The molecule has 0 bridgehead atoms. The minimum Gasteiger partial charge on any atom is -0.252 e. The summed E-state index contributed by atoms with van der Waals surface area (Å²) in [6.45, 7) is 0. The molecule has 7 heteroatoms. The molecule has 0 aliphatic carbocycles. The van der Waals surface area contributed by atoms with Crippen LogP contribution in [0.1, 0.15) is 0 Å². The molecule has 0 aromatic heterocycles. The van der Waals surface area contributed by atoms with E-state index in [0.29, 0.717) is 0 Å². The second-order valence-corrected chi connectivity index (χ2v) is 8.54. The largest absolute Gasteiger partial charge is 0.252 e. The zero-order valence-corrected chi connectivity index (χ0v) is 12.1. The Morgan fingerprint density at radius 1 is 0.923 bits per heavy atom. The second kappa shape index (κ2) is 5.59. The van der Waals surface area contributed by atoms with Crippen LogP contribution in [0.2, 0.25) is 0 Å². The van der Waals surface area contributed by atoms with E-state index >= 15 is 0 Å². The first kappa shape index (κ1) is 13.8. The van der Waals surface area contributed by atoms with Gasteiger partial charge in [0.05, 0.1) is 0 Å². The third-order valence-electron chi connectivity index (χ3n) is 1.81. The Labute approximate surface area is 88.0 Å². The molecule has 0 saturated carbocycles. The van der Waals surface area contributed by atoms with Gasteiger partial charge in [-0.15, -0.1) is 0 Å². The summed E-state index contributed by atoms with van der Waals surface area (Å²) in [7, 11) is 10.5. The third kappa shape index (κ3) is 2.85. The van der Waals surface area contributed by atoms with E-state index in [-0.39, 0.29) is 7.51 Å². The van der Waals surface area contributed by atoms with E-state index in [1.54, 1.807) is 0 Å². The topological polar surface area (TPSA) is 22.1 Å². The summed E-state index contributed by atoms with van der Waals surface area (Å²) >= 11 is 5.02. The van der Waals surface area contributed by atoms with Crippen molar-refractivity contribution in [3.63, 3.8) is 0 Å². The van der Waals surface area contributed by atoms with Gasteiger partial charge < -0.3 is 0 Å². The van der Waals surface area contributed by atoms with Crippen molar-refractivity contribution in [3.8, 4) is 0 Å². The molecule has 80 valence electrons. The minimum absolute atomic E-state index is 0.233. The summed E-state index contributed by atoms with van der Waals surface area (Å²) in [6, 6.07) is 0. The molecular formula is C6H20N4P2S. The molecule has 13 heavy (non-hydrogen) atoms. The van der Waals surface area contributed by atoms with Gasteiger partial charge in [-0.05, 0) is 42.3 Å². The summed E-state index contributed by atoms with van der Waals surface area (Å²) in [6.07, 6.45) is 0. The van der Waals surface area contributed by atoms with E-state index in [2.05, 4.69) is 60.8 Å². The lowest BCUT2D eigenvalue weighted by atomic mass is 11.2. The highest BCUT2D eigenvalue weighted by molar-refractivity contribution is 7.97. The van der Waals surface area contributed by atoms with Crippen LogP contribution in [-0.2, 0) is 11.8 Å². The molecule has 0 aromatic carbocycles. The highest BCUT2D eigenvalue weighted by Gasteiger charge is 2.27. The van der Waals surface area contributed by atoms with Crippen molar-refractivity contribution in [3.05, 3.63) is 0 Å². The molecule has 0 aliphatic heterocycles. The highest BCUT2D eigenvalue weighted by atomic mass is 32.4. The van der Waals surface area contributed by atoms with Crippen LogP contribution in [0.5, 0.6) is 0 Å². The highest BCUT2D eigenvalue weighted by Crippen LogP contribution is 2.56. The summed E-state index contributed by atoms with van der Waals surface area (Å²) in [5, 5.41) is 0. The molecule has 0 aromatic rings. The Bertz CT molecular complexity index is 198. The normalized spacial score (nSPS) is 13.9. The number of rotatable bonds is 4. The van der Waals surface area contributed by atoms with Crippen molar-refractivity contribution >= 4 is 26.8 Å². The summed E-state index contributed by atoms with van der Waals surface area (Å²) < 4.78 is 11.2. The van der Waals surface area contributed by atoms with Crippen molar-refractivity contribution in [2.24, 2.45) is 4.52 Å². The van der Waals surface area contributed by atoms with E-state index in [1.807, 2.05) is 0 Å². The summed E-state index contributed by atoms with van der Waals surface area (Å²) in [4.78, 5) is 0. The molecule has 1 atom stereocenters. The van der Waals surface area contributed by atoms with Gasteiger partial charge in [-0.1, -0.05) is 11.8 Å². The van der Waals surface area contributed by atoms with Crippen molar-refractivity contribution in [1.29, 1.82) is 0 Å². The first-order valence-corrected chi connectivity index (χ1v) is 7.98. The Morgan fingerprint density at radius 3 is 1.31 bits per heavy atom. The standard InChI is InChI=1S/C6H20N4P2S/c1-8(2)12(7-11-13,9(3)4)10(5)6/h11H2,1-6H3. The maximum Gasteiger partial charge on any atom is 0.170 e. The zero-order valence-electron chi connectivity index (χ0n) is 9.22. The van der Waals surface area contributed by atoms with Crippen LogP contribution in [0.4, 0.5) is 0 Å². The fraction of sp³-hybridized carbons (Fsp3) is 1.00. The van der Waals surface area contributed by atoms with E-state index in [4.69, 9.17) is 11.8 Å². The minimum atomic E-state index is -1.65. The lowest BCUT2D eigenvalue weighted by molar-refractivity contribution is 0.476. The summed E-state index contributed by atoms with van der Waals surface area (Å²) in [5.41, 5.74) is 0. The molecule has 4 nitrogen and oxygen atoms in total. The fourth-order valence-electron chi connectivity index (χ4n) is 1.45. The van der Waals surface area contributed by atoms with Crippen molar-refractivity contribution in [1.82, 2.24) is 14.0 Å². The maximum atomic E-state index is 5.02. The molecule has 0 radical (unpaired) electrons. The van der Waals surface area contributed by atoms with Gasteiger partial charge in [0.15, 0.2) is 7.51 Å². The van der Waals surface area contributed by atoms with Gasteiger partial charge in [0.2, 0.25) is 0 Å². The van der Waals surface area contributed by atoms with E-state index in [9.17, 15) is 0 Å². The molecule has 0 heterocycles. The van der Waals surface area contributed by atoms with Gasteiger partial charge in [-0.25, -0.2) is 4.52 Å². The molecule has 0 saturated heterocycles. The first-order chi connectivity index (χ1) is 5.89. The van der Waals surface area contributed by atoms with Crippen LogP contribution in [0.3, 0.4) is 0 Å². The zero-order chi connectivity index (χ0) is 10.6. The predicted molar refractivity (Wildman–Crippen MR) is 67.5 cm³/mol. The van der Waals surface area contributed by atoms with Gasteiger partial charge in [-0.2, -0.15) is 0 Å². The smallest absolute Gasteiger partial charge is 0.170 e. The van der Waals surface area contributed by atoms with Crippen molar-refractivity contribution < 1.29 is 0 Å². The molecular weight excluding hydrogens is 222 g/mol. The monoisotopic (exact) mass is 242 g/mol. The number of hydrogen-bond donors (Lipinski definition) is 0. The molecule has 1 unspecified atom stereocenters. The van der Waals surface area contributed by atoms with Crippen LogP contribution in [0.25, 0.3) is 0 Å². The number of nitrogens with zero attached hydrogens (tertiary/aromatic N) is 4. The summed E-state index contributed by atoms with van der Waals surface area (Å²) in [5.74, 6) is 0. The average molecular weight is 242 g/mol. The van der Waals surface area contributed by atoms with E-state index in [1.165, 1.54) is 0 Å². The van der Waals surface area contributed by atoms with Crippen LogP contribution in [-0.4, -0.2) is 56.3 Å². The maximum absolute atomic E-state index is 5.02. The number of hydrogen-bond acceptors (Lipinski definition) is 1. The van der Waals surface area contributed by atoms with Crippen LogP contribution in [0.15, 0.2) is 4.52 Å². The Balaban J connectivity index is 5.32. The predicted octanol–water partition coefficient (Wildman–Crippen LogP) is 1.41. The second-order valence-electron chi connectivity index (χ2n) is 3.30. The van der Waals surface area contributed by atoms with Gasteiger partial charge in [0.25, 0.3) is 0 Å². The van der Waals surface area contributed by atoms with Crippen LogP contribution >= 0.6 is 15.0 Å². The van der Waals surface area contributed by atoms with E-state index < -0.39 is 7.51 Å². The molecule has 0 aliphatic rings. The van der Waals surface area contributed by atoms with Crippen LogP contribution < -0.4 is 0 Å². The van der Waals surface area contributed by atoms with E-state index in [0.717, 1.165) is 0 Å². The fourth-order valence-corrected chi connectivity index (χ4v) is 7.72. The van der Waals surface area contributed by atoms with Crippen molar-refractivity contribution in [2.45, 2.75) is 0 Å². The average Bonchev–Trinajstić information content (AvgIpc) is 1.97. The van der Waals surface area contributed by atoms with Gasteiger partial charge in [-0.3, -0.25) is 14.0 Å². The Kier molecular flexibility index (Phi) is 5.92. The third-order valence-corrected chi connectivity index (χ3v) is 7.50. The van der Waals surface area contributed by atoms with Gasteiger partial charge in [0.1, 0.15) is 0 Å². The van der Waals surface area contributed by atoms with Crippen molar-refractivity contribution in [2.75, 3.05) is 42.3 Å². The molecule has 0 rings (SSSR count).